The second-order valence-corrected chi connectivity index (χ2v) is 4.77. The zero-order valence-electron chi connectivity index (χ0n) is 10.7. The van der Waals surface area contributed by atoms with Crippen LogP contribution in [0.1, 0.15) is 31.4 Å². The van der Waals surface area contributed by atoms with Crippen LogP contribution in [0.5, 0.6) is 0 Å². The first-order chi connectivity index (χ1) is 8.22. The number of para-hydroxylation sites is 1. The quantitative estimate of drug-likeness (QED) is 0.872. The molecule has 0 amide bonds. The highest BCUT2D eigenvalue weighted by atomic mass is 16.5. The van der Waals surface area contributed by atoms with Gasteiger partial charge in [-0.25, -0.2) is 0 Å². The molecule has 94 valence electrons. The van der Waals surface area contributed by atoms with Gasteiger partial charge in [-0.3, -0.25) is 0 Å². The van der Waals surface area contributed by atoms with Crippen LogP contribution in [0.2, 0.25) is 0 Å². The molecule has 0 aliphatic carbocycles. The lowest BCUT2D eigenvalue weighted by molar-refractivity contribution is 0.0819. The average molecular weight is 234 g/mol. The topological polar surface area (TPSA) is 38.5 Å². The summed E-state index contributed by atoms with van der Waals surface area (Å²) in [5.74, 6) is 0. The molecule has 0 radical (unpaired) electrons. The maximum absolute atomic E-state index is 6.02. The number of benzene rings is 1. The Morgan fingerprint density at radius 1 is 1.29 bits per heavy atom. The monoisotopic (exact) mass is 234 g/mol. The molecule has 1 saturated heterocycles. The fraction of sp³-hybridized carbons (Fsp3) is 0.571. The fourth-order valence-electron chi connectivity index (χ4n) is 2.49. The Labute approximate surface area is 104 Å². The first kappa shape index (κ1) is 12.4. The van der Waals surface area contributed by atoms with Crippen LogP contribution in [-0.2, 0) is 4.74 Å². The summed E-state index contributed by atoms with van der Waals surface area (Å²) in [6, 6.07) is 8.54. The van der Waals surface area contributed by atoms with Gasteiger partial charge in [0.25, 0.3) is 0 Å². The van der Waals surface area contributed by atoms with Gasteiger partial charge >= 0.3 is 0 Å². The maximum atomic E-state index is 6.02. The Balaban J connectivity index is 2.13. The Kier molecular flexibility index (Phi) is 4.02. The van der Waals surface area contributed by atoms with E-state index in [1.807, 2.05) is 6.92 Å². The highest BCUT2D eigenvalue weighted by Gasteiger charge is 2.20. The standard InChI is InChI=1S/C14H22N2O/c1-11(15)13-5-3-4-6-14(13)16-9-7-12(17-2)8-10-16/h3-6,11-12H,7-10,15H2,1-2H3. The maximum Gasteiger partial charge on any atom is 0.0605 e. The summed E-state index contributed by atoms with van der Waals surface area (Å²) in [6.07, 6.45) is 2.63. The first-order valence-corrected chi connectivity index (χ1v) is 6.34. The van der Waals surface area contributed by atoms with Gasteiger partial charge in [-0.15, -0.1) is 0 Å². The van der Waals surface area contributed by atoms with Gasteiger partial charge in [0.1, 0.15) is 0 Å². The number of ether oxygens (including phenoxy) is 1. The third kappa shape index (κ3) is 2.79. The highest BCUT2D eigenvalue weighted by molar-refractivity contribution is 5.55. The molecule has 0 spiro atoms. The van der Waals surface area contributed by atoms with E-state index in [9.17, 15) is 0 Å². The van der Waals surface area contributed by atoms with Gasteiger partial charge in [-0.2, -0.15) is 0 Å². The van der Waals surface area contributed by atoms with Crippen LogP contribution in [0.15, 0.2) is 24.3 Å². The summed E-state index contributed by atoms with van der Waals surface area (Å²) in [5.41, 5.74) is 8.55. The smallest absolute Gasteiger partial charge is 0.0605 e. The molecule has 1 aliphatic heterocycles. The molecule has 0 saturated carbocycles. The molecule has 1 aliphatic rings. The number of nitrogens with two attached hydrogens (primary N) is 1. The number of anilines is 1. The van der Waals surface area contributed by atoms with Crippen molar-refractivity contribution in [3.63, 3.8) is 0 Å². The van der Waals surface area contributed by atoms with Crippen molar-refractivity contribution in [3.8, 4) is 0 Å². The summed E-state index contributed by atoms with van der Waals surface area (Å²) in [7, 11) is 1.80. The molecule has 2 rings (SSSR count). The van der Waals surface area contributed by atoms with E-state index in [1.54, 1.807) is 7.11 Å². The van der Waals surface area contributed by atoms with Gasteiger partial charge in [0.2, 0.25) is 0 Å². The van der Waals surface area contributed by atoms with Crippen LogP contribution in [0, 0.1) is 0 Å². The predicted molar refractivity (Wildman–Crippen MR) is 71.3 cm³/mol. The van der Waals surface area contributed by atoms with Crippen LogP contribution in [0.25, 0.3) is 0 Å². The summed E-state index contributed by atoms with van der Waals surface area (Å²) < 4.78 is 5.40. The zero-order valence-corrected chi connectivity index (χ0v) is 10.7. The Hall–Kier alpha value is -1.06. The number of nitrogens with zero attached hydrogens (tertiary/aromatic N) is 1. The first-order valence-electron chi connectivity index (χ1n) is 6.34. The van der Waals surface area contributed by atoms with E-state index in [0.29, 0.717) is 6.10 Å². The molecule has 1 unspecified atom stereocenters. The minimum Gasteiger partial charge on any atom is -0.381 e. The van der Waals surface area contributed by atoms with Crippen LogP contribution in [0.3, 0.4) is 0 Å². The molecule has 17 heavy (non-hydrogen) atoms. The van der Waals surface area contributed by atoms with Crippen LogP contribution in [0.4, 0.5) is 5.69 Å². The second-order valence-electron chi connectivity index (χ2n) is 4.77. The molecule has 0 aromatic heterocycles. The number of piperidine rings is 1. The van der Waals surface area contributed by atoms with E-state index >= 15 is 0 Å². The van der Waals surface area contributed by atoms with Gasteiger partial charge in [0.05, 0.1) is 6.10 Å². The minimum atomic E-state index is 0.0892. The van der Waals surface area contributed by atoms with E-state index in [1.165, 1.54) is 11.3 Å². The third-order valence-corrected chi connectivity index (χ3v) is 3.54. The molecule has 3 heteroatoms. The average Bonchev–Trinajstić information content (AvgIpc) is 2.39. The SMILES string of the molecule is COC1CCN(c2ccccc2C(C)N)CC1. The lowest BCUT2D eigenvalue weighted by Crippen LogP contribution is -2.37. The van der Waals surface area contributed by atoms with E-state index < -0.39 is 0 Å². The molecular weight excluding hydrogens is 212 g/mol. The molecule has 1 atom stereocenters. The molecule has 2 N–H and O–H groups in total. The molecule has 3 nitrogen and oxygen atoms in total. The predicted octanol–water partition coefficient (Wildman–Crippen LogP) is 2.32. The fourth-order valence-corrected chi connectivity index (χ4v) is 2.49. The Morgan fingerprint density at radius 3 is 2.53 bits per heavy atom. The molecule has 1 aromatic rings. The van der Waals surface area contributed by atoms with Gasteiger partial charge < -0.3 is 15.4 Å². The Morgan fingerprint density at radius 2 is 1.94 bits per heavy atom. The van der Waals surface area contributed by atoms with Crippen molar-refractivity contribution in [2.75, 3.05) is 25.1 Å². The zero-order chi connectivity index (χ0) is 12.3. The van der Waals surface area contributed by atoms with Gasteiger partial charge in [0.15, 0.2) is 0 Å². The molecular formula is C14H22N2O. The Bertz CT molecular complexity index is 357. The number of rotatable bonds is 3. The summed E-state index contributed by atoms with van der Waals surface area (Å²) in [4.78, 5) is 2.42. The highest BCUT2D eigenvalue weighted by Crippen LogP contribution is 2.27. The van der Waals surface area contributed by atoms with Crippen LogP contribution in [-0.4, -0.2) is 26.3 Å². The van der Waals surface area contributed by atoms with Gasteiger partial charge in [-0.1, -0.05) is 18.2 Å². The largest absolute Gasteiger partial charge is 0.381 e. The van der Waals surface area contributed by atoms with E-state index in [2.05, 4.69) is 29.2 Å². The van der Waals surface area contributed by atoms with Crippen molar-refractivity contribution in [2.24, 2.45) is 5.73 Å². The molecule has 0 bridgehead atoms. The van der Waals surface area contributed by atoms with Crippen molar-refractivity contribution in [3.05, 3.63) is 29.8 Å². The lowest BCUT2D eigenvalue weighted by atomic mass is 10.0. The summed E-state index contributed by atoms with van der Waals surface area (Å²) >= 11 is 0. The van der Waals surface area contributed by atoms with Crippen molar-refractivity contribution < 1.29 is 4.74 Å². The molecule has 1 fully saturated rings. The molecule has 1 aromatic carbocycles. The van der Waals surface area contributed by atoms with E-state index in [4.69, 9.17) is 10.5 Å². The van der Waals surface area contributed by atoms with Crippen molar-refractivity contribution in [2.45, 2.75) is 31.9 Å². The third-order valence-electron chi connectivity index (χ3n) is 3.54. The minimum absolute atomic E-state index is 0.0892. The van der Waals surface area contributed by atoms with E-state index in [0.717, 1.165) is 25.9 Å². The van der Waals surface area contributed by atoms with Crippen molar-refractivity contribution >= 4 is 5.69 Å². The summed E-state index contributed by atoms with van der Waals surface area (Å²) in [6.45, 7) is 4.16. The van der Waals surface area contributed by atoms with Crippen molar-refractivity contribution in [1.82, 2.24) is 0 Å². The number of methoxy groups -OCH3 is 1. The summed E-state index contributed by atoms with van der Waals surface area (Å²) in [5, 5.41) is 0. The van der Waals surface area contributed by atoms with Crippen LogP contribution < -0.4 is 10.6 Å². The lowest BCUT2D eigenvalue weighted by Gasteiger charge is -2.34. The number of hydrogen-bond acceptors (Lipinski definition) is 3. The van der Waals surface area contributed by atoms with Crippen molar-refractivity contribution in [1.29, 1.82) is 0 Å². The number of hydrogen-bond donors (Lipinski definition) is 1. The second kappa shape index (κ2) is 5.52. The van der Waals surface area contributed by atoms with E-state index in [-0.39, 0.29) is 6.04 Å². The molecule has 1 heterocycles. The normalized spacial score (nSPS) is 19.4. The van der Waals surface area contributed by atoms with Gasteiger partial charge in [0, 0.05) is 31.9 Å². The van der Waals surface area contributed by atoms with Gasteiger partial charge in [-0.05, 0) is 31.4 Å². The van der Waals surface area contributed by atoms with Crippen LogP contribution >= 0.6 is 0 Å².